The Balaban J connectivity index is 4.56. The Morgan fingerprint density at radius 3 is 1.86 bits per heavy atom. The van der Waals surface area contributed by atoms with Gasteiger partial charge in [0.2, 0.25) is 0 Å². The average Bonchev–Trinajstić information content (AvgIpc) is 2.13. The van der Waals surface area contributed by atoms with Gasteiger partial charge in [0.15, 0.2) is 0 Å². The van der Waals surface area contributed by atoms with Gasteiger partial charge in [0.25, 0.3) is 0 Å². The maximum atomic E-state index is 9.54. The van der Waals surface area contributed by atoms with E-state index in [0.29, 0.717) is 0 Å². The largest absolute Gasteiger partial charge is 0.394 e. The predicted octanol–water partition coefficient (Wildman–Crippen LogP) is -2.81. The minimum absolute atomic E-state index is 0.753. The highest BCUT2D eigenvalue weighted by molar-refractivity contribution is 4.93. The fourth-order valence-electron chi connectivity index (χ4n) is 0.991. The van der Waals surface area contributed by atoms with Gasteiger partial charge < -0.3 is 30.6 Å². The summed E-state index contributed by atoms with van der Waals surface area (Å²) in [5, 5.41) is 54.8. The van der Waals surface area contributed by atoms with Crippen molar-refractivity contribution in [1.82, 2.24) is 0 Å². The second kappa shape index (κ2) is 5.01. The molecule has 0 radical (unpaired) electrons. The summed E-state index contributed by atoms with van der Waals surface area (Å²) < 4.78 is 0. The van der Waals surface area contributed by atoms with Crippen LogP contribution in [0.25, 0.3) is 0 Å². The van der Waals surface area contributed by atoms with Gasteiger partial charge in [-0.2, -0.15) is 0 Å². The number of rotatable bonds is 5. The molecular formula is C8H18O6. The van der Waals surface area contributed by atoms with Gasteiger partial charge in [0.1, 0.15) is 23.9 Å². The van der Waals surface area contributed by atoms with Crippen LogP contribution in [0.5, 0.6) is 0 Å². The summed E-state index contributed by atoms with van der Waals surface area (Å²) in [6.45, 7) is 1.54. The molecule has 5 atom stereocenters. The van der Waals surface area contributed by atoms with E-state index in [4.69, 9.17) is 15.3 Å². The normalized spacial score (nSPS) is 24.9. The quantitative estimate of drug-likeness (QED) is 0.291. The lowest BCUT2D eigenvalue weighted by Gasteiger charge is -2.36. The third-order valence-corrected chi connectivity index (χ3v) is 2.26. The Kier molecular flexibility index (Phi) is 4.93. The standard InChI is InChI=1S/C8H18O6/c1-4(10)6(12)7(13)8(2,14)5(11)3-9/h4-7,9-14H,3H2,1-2H3/t4?,5-,6+,7+,8+/m0/s1. The summed E-state index contributed by atoms with van der Waals surface area (Å²) in [6.07, 6.45) is -6.18. The van der Waals surface area contributed by atoms with Crippen LogP contribution in [-0.2, 0) is 0 Å². The van der Waals surface area contributed by atoms with Crippen molar-refractivity contribution in [3.63, 3.8) is 0 Å². The molecule has 14 heavy (non-hydrogen) atoms. The van der Waals surface area contributed by atoms with E-state index in [1.165, 1.54) is 6.92 Å². The fraction of sp³-hybridized carbons (Fsp3) is 1.00. The van der Waals surface area contributed by atoms with Crippen LogP contribution in [0.4, 0.5) is 0 Å². The number of hydrogen-bond acceptors (Lipinski definition) is 6. The second-order valence-electron chi connectivity index (χ2n) is 3.60. The van der Waals surface area contributed by atoms with Crippen molar-refractivity contribution in [3.05, 3.63) is 0 Å². The molecule has 0 aliphatic carbocycles. The van der Waals surface area contributed by atoms with Crippen molar-refractivity contribution in [3.8, 4) is 0 Å². The molecule has 0 rings (SSSR count). The molecule has 0 saturated carbocycles. The van der Waals surface area contributed by atoms with Gasteiger partial charge in [-0.15, -0.1) is 0 Å². The Hall–Kier alpha value is -0.240. The first kappa shape index (κ1) is 13.8. The number of aliphatic hydroxyl groups is 6. The van der Waals surface area contributed by atoms with Crippen LogP contribution >= 0.6 is 0 Å². The van der Waals surface area contributed by atoms with Crippen molar-refractivity contribution in [2.24, 2.45) is 0 Å². The Labute approximate surface area is 82.1 Å². The molecule has 0 aromatic carbocycles. The molecule has 86 valence electrons. The second-order valence-corrected chi connectivity index (χ2v) is 3.60. The zero-order valence-corrected chi connectivity index (χ0v) is 8.20. The van der Waals surface area contributed by atoms with Crippen LogP contribution in [0.1, 0.15) is 13.8 Å². The molecule has 0 amide bonds. The van der Waals surface area contributed by atoms with Crippen molar-refractivity contribution in [2.75, 3.05) is 6.61 Å². The minimum Gasteiger partial charge on any atom is -0.394 e. The molecule has 0 aliphatic heterocycles. The lowest BCUT2D eigenvalue weighted by Crippen LogP contribution is -2.57. The van der Waals surface area contributed by atoms with E-state index in [-0.39, 0.29) is 0 Å². The summed E-state index contributed by atoms with van der Waals surface area (Å²) in [5.74, 6) is 0. The Morgan fingerprint density at radius 1 is 1.14 bits per heavy atom. The van der Waals surface area contributed by atoms with E-state index >= 15 is 0 Å². The van der Waals surface area contributed by atoms with E-state index in [9.17, 15) is 15.3 Å². The molecule has 1 unspecified atom stereocenters. The summed E-state index contributed by atoms with van der Waals surface area (Å²) in [5.41, 5.74) is -2.08. The molecule has 6 nitrogen and oxygen atoms in total. The van der Waals surface area contributed by atoms with Gasteiger partial charge in [0, 0.05) is 0 Å². The Morgan fingerprint density at radius 2 is 1.57 bits per heavy atom. The average molecular weight is 210 g/mol. The number of aliphatic hydroxyl groups excluding tert-OH is 5. The molecule has 0 fully saturated rings. The molecular weight excluding hydrogens is 192 g/mol. The van der Waals surface area contributed by atoms with Gasteiger partial charge >= 0.3 is 0 Å². The van der Waals surface area contributed by atoms with Gasteiger partial charge in [-0.25, -0.2) is 0 Å². The van der Waals surface area contributed by atoms with E-state index in [1.54, 1.807) is 0 Å². The minimum atomic E-state index is -2.08. The van der Waals surface area contributed by atoms with Crippen LogP contribution in [0.3, 0.4) is 0 Å². The van der Waals surface area contributed by atoms with Crippen molar-refractivity contribution in [1.29, 1.82) is 0 Å². The fourth-order valence-corrected chi connectivity index (χ4v) is 0.991. The summed E-state index contributed by atoms with van der Waals surface area (Å²) in [6, 6.07) is 0. The molecule has 0 spiro atoms. The van der Waals surface area contributed by atoms with Gasteiger partial charge in [0.05, 0.1) is 12.7 Å². The monoisotopic (exact) mass is 210 g/mol. The summed E-state index contributed by atoms with van der Waals surface area (Å²) >= 11 is 0. The maximum Gasteiger partial charge on any atom is 0.118 e. The molecule has 0 aliphatic rings. The highest BCUT2D eigenvalue weighted by atomic mass is 16.4. The first-order chi connectivity index (χ1) is 6.25. The smallest absolute Gasteiger partial charge is 0.118 e. The summed E-state index contributed by atoms with van der Waals surface area (Å²) in [4.78, 5) is 0. The van der Waals surface area contributed by atoms with Crippen LogP contribution < -0.4 is 0 Å². The maximum absolute atomic E-state index is 9.54. The SMILES string of the molecule is CC(O)[C@@H](O)[C@@H](O)[C@](C)(O)[C@@H](O)CO. The first-order valence-corrected chi connectivity index (χ1v) is 4.30. The van der Waals surface area contributed by atoms with E-state index in [1.807, 2.05) is 0 Å². The van der Waals surface area contributed by atoms with Crippen molar-refractivity contribution >= 4 is 0 Å². The van der Waals surface area contributed by atoms with Gasteiger partial charge in [-0.05, 0) is 13.8 Å². The zero-order chi connectivity index (χ0) is 11.5. The van der Waals surface area contributed by atoms with Crippen LogP contribution in [0, 0.1) is 0 Å². The lowest BCUT2D eigenvalue weighted by atomic mass is 9.87. The van der Waals surface area contributed by atoms with Crippen LogP contribution in [0.2, 0.25) is 0 Å². The highest BCUT2D eigenvalue weighted by Gasteiger charge is 2.42. The van der Waals surface area contributed by atoms with Crippen LogP contribution in [0.15, 0.2) is 0 Å². The zero-order valence-electron chi connectivity index (χ0n) is 8.20. The third kappa shape index (κ3) is 2.88. The van der Waals surface area contributed by atoms with E-state index < -0.39 is 36.6 Å². The molecule has 6 heteroatoms. The third-order valence-electron chi connectivity index (χ3n) is 2.26. The molecule has 0 aromatic rings. The van der Waals surface area contributed by atoms with E-state index in [2.05, 4.69) is 0 Å². The summed E-state index contributed by atoms with van der Waals surface area (Å²) in [7, 11) is 0. The van der Waals surface area contributed by atoms with Gasteiger partial charge in [-0.3, -0.25) is 0 Å². The van der Waals surface area contributed by atoms with Crippen LogP contribution in [-0.4, -0.2) is 67.3 Å². The molecule has 0 aromatic heterocycles. The van der Waals surface area contributed by atoms with Crippen molar-refractivity contribution < 1.29 is 30.6 Å². The molecule has 0 heterocycles. The highest BCUT2D eigenvalue weighted by Crippen LogP contribution is 2.19. The van der Waals surface area contributed by atoms with Crippen molar-refractivity contribution in [2.45, 2.75) is 43.9 Å². The van der Waals surface area contributed by atoms with Gasteiger partial charge in [-0.1, -0.05) is 0 Å². The lowest BCUT2D eigenvalue weighted by molar-refractivity contribution is -0.189. The number of hydrogen-bond donors (Lipinski definition) is 6. The Bertz CT molecular complexity index is 169. The molecule has 6 N–H and O–H groups in total. The van der Waals surface area contributed by atoms with E-state index in [0.717, 1.165) is 6.92 Å². The predicted molar refractivity (Wildman–Crippen MR) is 47.4 cm³/mol. The first-order valence-electron chi connectivity index (χ1n) is 4.30. The molecule has 0 bridgehead atoms. The topological polar surface area (TPSA) is 121 Å². The molecule has 0 saturated heterocycles.